The van der Waals surface area contributed by atoms with Crippen molar-refractivity contribution in [1.82, 2.24) is 9.55 Å². The van der Waals surface area contributed by atoms with E-state index in [1.807, 2.05) is 32.0 Å². The zero-order valence-electron chi connectivity index (χ0n) is 14.5. The molecule has 3 rings (SSSR count). The van der Waals surface area contributed by atoms with Crippen molar-refractivity contribution >= 4 is 39.1 Å². The number of aromatic nitrogens is 2. The Morgan fingerprint density at radius 3 is 2.65 bits per heavy atom. The smallest absolute Gasteiger partial charge is 0.323 e. The molecule has 8 heteroatoms. The number of anilines is 1. The molecule has 7 nitrogen and oxygen atoms in total. The summed E-state index contributed by atoms with van der Waals surface area (Å²) in [6.45, 7) is 5.08. The first-order chi connectivity index (χ1) is 12.3. The van der Waals surface area contributed by atoms with Crippen LogP contribution in [0, 0.1) is 20.8 Å². The standard InChI is InChI=1S/C18H17N3O4S/c1-9-4-5-12(10(2)6-9)20-16(24)15-11(3)14-17(26-15)19-8-21(18(14)25)7-13(22)23/h4-6,8H,7H2,1-3H3,(H,20,24)(H,22,23). The molecule has 26 heavy (non-hydrogen) atoms. The first kappa shape index (κ1) is 17.8. The highest BCUT2D eigenvalue weighted by atomic mass is 32.1. The van der Waals surface area contributed by atoms with Gasteiger partial charge >= 0.3 is 5.97 Å². The third kappa shape index (κ3) is 3.23. The van der Waals surface area contributed by atoms with Crippen molar-refractivity contribution in [2.24, 2.45) is 0 Å². The lowest BCUT2D eigenvalue weighted by molar-refractivity contribution is -0.137. The number of carboxylic acids is 1. The van der Waals surface area contributed by atoms with Crippen LogP contribution in [-0.4, -0.2) is 26.5 Å². The van der Waals surface area contributed by atoms with Crippen LogP contribution >= 0.6 is 11.3 Å². The number of nitrogens with one attached hydrogen (secondary N) is 1. The topological polar surface area (TPSA) is 101 Å². The van der Waals surface area contributed by atoms with Gasteiger partial charge in [-0.25, -0.2) is 4.98 Å². The molecule has 134 valence electrons. The van der Waals surface area contributed by atoms with Crippen molar-refractivity contribution in [3.8, 4) is 0 Å². The molecule has 2 heterocycles. The van der Waals surface area contributed by atoms with Crippen LogP contribution < -0.4 is 10.9 Å². The van der Waals surface area contributed by atoms with Crippen LogP contribution in [0.1, 0.15) is 26.4 Å². The van der Waals surface area contributed by atoms with E-state index in [0.29, 0.717) is 21.0 Å². The van der Waals surface area contributed by atoms with E-state index in [-0.39, 0.29) is 11.3 Å². The number of hydrogen-bond acceptors (Lipinski definition) is 5. The SMILES string of the molecule is Cc1ccc(NC(=O)c2sc3ncn(CC(=O)O)c(=O)c3c2C)c(C)c1. The average molecular weight is 371 g/mol. The number of rotatable bonds is 4. The lowest BCUT2D eigenvalue weighted by Crippen LogP contribution is -2.24. The van der Waals surface area contributed by atoms with Gasteiger partial charge < -0.3 is 10.4 Å². The molecular formula is C18H17N3O4S. The predicted molar refractivity (Wildman–Crippen MR) is 100 cm³/mol. The molecule has 0 aliphatic heterocycles. The molecule has 3 aromatic rings. The summed E-state index contributed by atoms with van der Waals surface area (Å²) in [5.41, 5.74) is 2.79. The fraction of sp³-hybridized carbons (Fsp3) is 0.222. The largest absolute Gasteiger partial charge is 0.480 e. The predicted octanol–water partition coefficient (Wildman–Crippen LogP) is 2.72. The maximum atomic E-state index is 12.7. The number of fused-ring (bicyclic) bond motifs is 1. The van der Waals surface area contributed by atoms with E-state index in [2.05, 4.69) is 10.3 Å². The van der Waals surface area contributed by atoms with Gasteiger partial charge in [0, 0.05) is 5.69 Å². The first-order valence-corrected chi connectivity index (χ1v) is 8.68. The van der Waals surface area contributed by atoms with Gasteiger partial charge in [0.25, 0.3) is 11.5 Å². The van der Waals surface area contributed by atoms with Gasteiger partial charge in [0.15, 0.2) is 0 Å². The number of carbonyl (C=O) groups is 2. The lowest BCUT2D eigenvalue weighted by Gasteiger charge is -2.08. The summed E-state index contributed by atoms with van der Waals surface area (Å²) >= 11 is 1.12. The minimum atomic E-state index is -1.13. The number of amides is 1. The molecule has 0 aliphatic rings. The normalized spacial score (nSPS) is 10.9. The van der Waals surface area contributed by atoms with Gasteiger partial charge in [-0.05, 0) is 38.0 Å². The minimum absolute atomic E-state index is 0.282. The van der Waals surface area contributed by atoms with Gasteiger partial charge in [0.05, 0.1) is 16.6 Å². The Morgan fingerprint density at radius 2 is 2.00 bits per heavy atom. The van der Waals surface area contributed by atoms with E-state index >= 15 is 0 Å². The first-order valence-electron chi connectivity index (χ1n) is 7.87. The van der Waals surface area contributed by atoms with Crippen molar-refractivity contribution in [3.63, 3.8) is 0 Å². The van der Waals surface area contributed by atoms with Crippen LogP contribution in [0.15, 0.2) is 29.3 Å². The molecule has 2 aromatic heterocycles. The molecule has 0 radical (unpaired) electrons. The highest BCUT2D eigenvalue weighted by Crippen LogP contribution is 2.28. The van der Waals surface area contributed by atoms with Gasteiger partial charge in [-0.3, -0.25) is 19.0 Å². The number of carboxylic acid groups (broad SMARTS) is 1. The Labute approximate surface area is 152 Å². The molecular weight excluding hydrogens is 354 g/mol. The number of aryl methyl sites for hydroxylation is 3. The second-order valence-electron chi connectivity index (χ2n) is 6.08. The van der Waals surface area contributed by atoms with E-state index in [1.165, 1.54) is 6.33 Å². The molecule has 0 saturated carbocycles. The summed E-state index contributed by atoms with van der Waals surface area (Å²) in [6, 6.07) is 5.72. The Balaban J connectivity index is 2.01. The maximum absolute atomic E-state index is 12.7. The maximum Gasteiger partial charge on any atom is 0.323 e. The number of aliphatic carboxylic acids is 1. The molecule has 0 unspecified atom stereocenters. The minimum Gasteiger partial charge on any atom is -0.480 e. The van der Waals surface area contributed by atoms with E-state index in [9.17, 15) is 14.4 Å². The summed E-state index contributed by atoms with van der Waals surface area (Å²) in [4.78, 5) is 41.0. The average Bonchev–Trinajstić information content (AvgIpc) is 2.90. The van der Waals surface area contributed by atoms with E-state index < -0.39 is 18.1 Å². The van der Waals surface area contributed by atoms with Gasteiger partial charge in [-0.1, -0.05) is 17.7 Å². The zero-order valence-corrected chi connectivity index (χ0v) is 15.3. The zero-order chi connectivity index (χ0) is 19.0. The van der Waals surface area contributed by atoms with Gasteiger partial charge in [0.2, 0.25) is 0 Å². The summed E-state index contributed by atoms with van der Waals surface area (Å²) in [6.07, 6.45) is 1.19. The second kappa shape index (κ2) is 6.72. The fourth-order valence-electron chi connectivity index (χ4n) is 2.77. The summed E-state index contributed by atoms with van der Waals surface area (Å²) in [7, 11) is 0. The number of nitrogens with zero attached hydrogens (tertiary/aromatic N) is 2. The Morgan fingerprint density at radius 1 is 1.27 bits per heavy atom. The quantitative estimate of drug-likeness (QED) is 0.734. The molecule has 0 fully saturated rings. The van der Waals surface area contributed by atoms with Gasteiger partial charge in [-0.2, -0.15) is 0 Å². The monoisotopic (exact) mass is 371 g/mol. The van der Waals surface area contributed by atoms with Crippen LogP contribution in [0.4, 0.5) is 5.69 Å². The van der Waals surface area contributed by atoms with Crippen molar-refractivity contribution in [3.05, 3.63) is 56.4 Å². The Bertz CT molecular complexity index is 1100. The number of benzene rings is 1. The third-order valence-electron chi connectivity index (χ3n) is 4.06. The number of hydrogen-bond donors (Lipinski definition) is 2. The number of carbonyl (C=O) groups excluding carboxylic acids is 1. The van der Waals surface area contributed by atoms with Gasteiger partial charge in [-0.15, -0.1) is 11.3 Å². The molecule has 0 bridgehead atoms. The van der Waals surface area contributed by atoms with Crippen LogP contribution in [0.3, 0.4) is 0 Å². The van der Waals surface area contributed by atoms with Crippen LogP contribution in [0.5, 0.6) is 0 Å². The number of thiophene rings is 1. The molecule has 1 aromatic carbocycles. The summed E-state index contributed by atoms with van der Waals surface area (Å²) < 4.78 is 1.02. The molecule has 0 aliphatic carbocycles. The van der Waals surface area contributed by atoms with E-state index in [4.69, 9.17) is 5.11 Å². The highest BCUT2D eigenvalue weighted by Gasteiger charge is 2.20. The van der Waals surface area contributed by atoms with Crippen LogP contribution in [0.2, 0.25) is 0 Å². The molecule has 1 amide bonds. The molecule has 0 atom stereocenters. The lowest BCUT2D eigenvalue weighted by atomic mass is 10.1. The van der Waals surface area contributed by atoms with Gasteiger partial charge in [0.1, 0.15) is 11.4 Å². The molecule has 0 spiro atoms. The Hall–Kier alpha value is -3.00. The van der Waals surface area contributed by atoms with E-state index in [0.717, 1.165) is 27.0 Å². The molecule has 2 N–H and O–H groups in total. The summed E-state index contributed by atoms with van der Waals surface area (Å²) in [5, 5.41) is 12.0. The van der Waals surface area contributed by atoms with Crippen molar-refractivity contribution < 1.29 is 14.7 Å². The highest BCUT2D eigenvalue weighted by molar-refractivity contribution is 7.20. The second-order valence-corrected chi connectivity index (χ2v) is 7.08. The summed E-state index contributed by atoms with van der Waals surface area (Å²) in [5.74, 6) is -1.45. The van der Waals surface area contributed by atoms with Crippen molar-refractivity contribution in [2.45, 2.75) is 27.3 Å². The van der Waals surface area contributed by atoms with Crippen LogP contribution in [0.25, 0.3) is 10.2 Å². The van der Waals surface area contributed by atoms with Crippen LogP contribution in [-0.2, 0) is 11.3 Å². The third-order valence-corrected chi connectivity index (χ3v) is 5.26. The van der Waals surface area contributed by atoms with Crippen molar-refractivity contribution in [1.29, 1.82) is 0 Å². The fourth-order valence-corrected chi connectivity index (χ4v) is 3.80. The molecule has 0 saturated heterocycles. The van der Waals surface area contributed by atoms with Crippen molar-refractivity contribution in [2.75, 3.05) is 5.32 Å². The van der Waals surface area contributed by atoms with E-state index in [1.54, 1.807) is 6.92 Å². The Kier molecular flexibility index (Phi) is 4.60.